The van der Waals surface area contributed by atoms with Crippen molar-refractivity contribution in [3.63, 3.8) is 0 Å². The first-order chi connectivity index (χ1) is 12.4. The number of para-hydroxylation sites is 1. The Labute approximate surface area is 147 Å². The number of nitriles is 2. The fourth-order valence-corrected chi connectivity index (χ4v) is 3.23. The molecular formula is C19H11F2N3O2. The Bertz CT molecular complexity index is 962. The van der Waals surface area contributed by atoms with Gasteiger partial charge in [0.25, 0.3) is 0 Å². The van der Waals surface area contributed by atoms with Crippen LogP contribution in [0.3, 0.4) is 0 Å². The van der Waals surface area contributed by atoms with Gasteiger partial charge in [0.2, 0.25) is 11.7 Å². The number of ketones is 1. The normalized spacial score (nSPS) is 18.6. The second kappa shape index (κ2) is 6.05. The minimum Gasteiger partial charge on any atom is -0.325 e. The van der Waals surface area contributed by atoms with Gasteiger partial charge < -0.3 is 5.32 Å². The van der Waals surface area contributed by atoms with Crippen LogP contribution in [0.2, 0.25) is 0 Å². The average molecular weight is 351 g/mol. The van der Waals surface area contributed by atoms with Crippen LogP contribution in [0.4, 0.5) is 14.5 Å². The minimum absolute atomic E-state index is 0.0496. The van der Waals surface area contributed by atoms with Gasteiger partial charge >= 0.3 is 5.92 Å². The number of carbonyl (C=O) groups is 2. The molecule has 26 heavy (non-hydrogen) atoms. The monoisotopic (exact) mass is 351 g/mol. The molecule has 5 nitrogen and oxygen atoms in total. The summed E-state index contributed by atoms with van der Waals surface area (Å²) in [4.78, 5) is 25.3. The SMILES string of the molecule is N#CC(C#N)C1(C(F)(F)C(=O)c2ccccc2)C(=O)Nc2ccccc21. The van der Waals surface area contributed by atoms with Gasteiger partial charge in [0.05, 0.1) is 12.1 Å². The first-order valence-electron chi connectivity index (χ1n) is 7.59. The van der Waals surface area contributed by atoms with Crippen molar-refractivity contribution in [1.82, 2.24) is 0 Å². The zero-order valence-corrected chi connectivity index (χ0v) is 13.2. The van der Waals surface area contributed by atoms with E-state index in [4.69, 9.17) is 0 Å². The highest BCUT2D eigenvalue weighted by atomic mass is 19.3. The van der Waals surface area contributed by atoms with Crippen LogP contribution in [-0.4, -0.2) is 17.6 Å². The number of nitrogens with zero attached hydrogens (tertiary/aromatic N) is 2. The quantitative estimate of drug-likeness (QED) is 0.857. The molecule has 1 atom stereocenters. The number of nitrogens with one attached hydrogen (secondary N) is 1. The molecule has 0 saturated carbocycles. The fourth-order valence-electron chi connectivity index (χ4n) is 3.23. The summed E-state index contributed by atoms with van der Waals surface area (Å²) in [5.41, 5.74) is -3.44. The number of halogens is 2. The standard InChI is InChI=1S/C19H11F2N3O2/c20-19(21,16(25)12-6-2-1-3-7-12)18(13(10-22)11-23)14-8-4-5-9-15(14)24-17(18)26/h1-9,13H,(H,24,26). The van der Waals surface area contributed by atoms with E-state index in [0.717, 1.165) is 0 Å². The van der Waals surface area contributed by atoms with Crippen molar-refractivity contribution in [2.75, 3.05) is 5.32 Å². The van der Waals surface area contributed by atoms with Crippen LogP contribution in [0.15, 0.2) is 54.6 Å². The summed E-state index contributed by atoms with van der Waals surface area (Å²) >= 11 is 0. The third-order valence-electron chi connectivity index (χ3n) is 4.47. The number of Topliss-reactive ketones (excluding diaryl/α,β-unsaturated/α-hetero) is 1. The zero-order chi connectivity index (χ0) is 18.9. The largest absolute Gasteiger partial charge is 0.330 e. The zero-order valence-electron chi connectivity index (χ0n) is 13.2. The summed E-state index contributed by atoms with van der Waals surface area (Å²) in [7, 11) is 0. The van der Waals surface area contributed by atoms with E-state index in [-0.39, 0.29) is 16.8 Å². The summed E-state index contributed by atoms with van der Waals surface area (Å²) in [5, 5.41) is 20.9. The van der Waals surface area contributed by atoms with E-state index in [1.807, 2.05) is 0 Å². The molecule has 2 aromatic carbocycles. The summed E-state index contributed by atoms with van der Waals surface area (Å²) in [5.74, 6) is -9.25. The van der Waals surface area contributed by atoms with E-state index in [9.17, 15) is 20.1 Å². The molecule has 3 rings (SSSR count). The van der Waals surface area contributed by atoms with Crippen molar-refractivity contribution in [3.05, 3.63) is 65.7 Å². The van der Waals surface area contributed by atoms with Crippen molar-refractivity contribution in [1.29, 1.82) is 10.5 Å². The van der Waals surface area contributed by atoms with Crippen LogP contribution in [-0.2, 0) is 10.2 Å². The van der Waals surface area contributed by atoms with Gasteiger partial charge in [0.1, 0.15) is 0 Å². The third-order valence-corrected chi connectivity index (χ3v) is 4.47. The Balaban J connectivity index is 2.30. The van der Waals surface area contributed by atoms with Crippen LogP contribution in [0.1, 0.15) is 15.9 Å². The second-order valence-electron chi connectivity index (χ2n) is 5.77. The maximum Gasteiger partial charge on any atom is 0.330 e. The highest BCUT2D eigenvalue weighted by Gasteiger charge is 2.71. The Hall–Kier alpha value is -3.58. The fraction of sp³-hybridized carbons (Fsp3) is 0.158. The maximum atomic E-state index is 15.5. The number of rotatable bonds is 4. The topological polar surface area (TPSA) is 93.8 Å². The van der Waals surface area contributed by atoms with Crippen molar-refractivity contribution in [2.24, 2.45) is 5.92 Å². The van der Waals surface area contributed by atoms with E-state index in [1.54, 1.807) is 6.07 Å². The number of fused-ring (bicyclic) bond motifs is 1. The Morgan fingerprint density at radius 1 is 1.04 bits per heavy atom. The van der Waals surface area contributed by atoms with Gasteiger partial charge in [-0.05, 0) is 6.07 Å². The minimum atomic E-state index is -4.32. The Kier molecular flexibility index (Phi) is 4.01. The van der Waals surface area contributed by atoms with Gasteiger partial charge in [-0.25, -0.2) is 0 Å². The summed E-state index contributed by atoms with van der Waals surface area (Å²) in [6.07, 6.45) is 0. The number of hydrogen-bond donors (Lipinski definition) is 1. The molecule has 7 heteroatoms. The lowest BCUT2D eigenvalue weighted by Gasteiger charge is -2.35. The molecule has 0 radical (unpaired) electrons. The first-order valence-corrected chi connectivity index (χ1v) is 7.59. The lowest BCUT2D eigenvalue weighted by molar-refractivity contribution is -0.134. The third kappa shape index (κ3) is 2.11. The first kappa shape index (κ1) is 17.2. The van der Waals surface area contributed by atoms with Crippen LogP contribution in [0.25, 0.3) is 0 Å². The number of benzene rings is 2. The van der Waals surface area contributed by atoms with Crippen LogP contribution in [0, 0.1) is 28.6 Å². The molecule has 1 unspecified atom stereocenters. The number of anilines is 1. The van der Waals surface area contributed by atoms with E-state index >= 15 is 8.78 Å². The predicted octanol–water partition coefficient (Wildman–Crippen LogP) is 3.06. The molecule has 1 aliphatic rings. The van der Waals surface area contributed by atoms with Crippen molar-refractivity contribution in [3.8, 4) is 12.1 Å². The lowest BCUT2D eigenvalue weighted by Crippen LogP contribution is -2.58. The van der Waals surface area contributed by atoms with Gasteiger partial charge in [0, 0.05) is 16.8 Å². The van der Waals surface area contributed by atoms with E-state index in [1.165, 1.54) is 60.7 Å². The predicted molar refractivity (Wildman–Crippen MR) is 87.2 cm³/mol. The molecule has 0 saturated heterocycles. The van der Waals surface area contributed by atoms with Gasteiger partial charge in [-0.3, -0.25) is 9.59 Å². The number of carbonyl (C=O) groups excluding carboxylic acids is 2. The molecule has 0 aromatic heterocycles. The number of alkyl halides is 2. The molecule has 128 valence electrons. The molecule has 0 bridgehead atoms. The van der Waals surface area contributed by atoms with Crippen LogP contribution >= 0.6 is 0 Å². The molecule has 1 N–H and O–H groups in total. The van der Waals surface area contributed by atoms with E-state index < -0.39 is 28.9 Å². The Morgan fingerprint density at radius 3 is 2.23 bits per heavy atom. The molecule has 1 heterocycles. The molecule has 1 amide bonds. The Morgan fingerprint density at radius 2 is 1.62 bits per heavy atom. The molecule has 0 aliphatic carbocycles. The number of hydrogen-bond acceptors (Lipinski definition) is 4. The van der Waals surface area contributed by atoms with Gasteiger partial charge in [-0.1, -0.05) is 48.5 Å². The van der Waals surface area contributed by atoms with Crippen molar-refractivity contribution < 1.29 is 18.4 Å². The molecular weight excluding hydrogens is 340 g/mol. The van der Waals surface area contributed by atoms with Gasteiger partial charge in [0.15, 0.2) is 11.3 Å². The average Bonchev–Trinajstić information content (AvgIpc) is 2.96. The van der Waals surface area contributed by atoms with Gasteiger partial charge in [-0.15, -0.1) is 0 Å². The molecule has 1 aliphatic heterocycles. The summed E-state index contributed by atoms with van der Waals surface area (Å²) < 4.78 is 31.0. The highest BCUT2D eigenvalue weighted by Crippen LogP contribution is 2.53. The van der Waals surface area contributed by atoms with Crippen LogP contribution in [0.5, 0.6) is 0 Å². The lowest BCUT2D eigenvalue weighted by atomic mass is 9.65. The maximum absolute atomic E-state index is 15.5. The van der Waals surface area contributed by atoms with Gasteiger partial charge in [-0.2, -0.15) is 19.3 Å². The number of amides is 1. The van der Waals surface area contributed by atoms with Crippen LogP contribution < -0.4 is 5.32 Å². The molecule has 2 aromatic rings. The smallest absolute Gasteiger partial charge is 0.325 e. The molecule has 0 spiro atoms. The summed E-state index contributed by atoms with van der Waals surface area (Å²) in [6.45, 7) is 0. The van der Waals surface area contributed by atoms with E-state index in [2.05, 4.69) is 5.32 Å². The molecule has 0 fully saturated rings. The van der Waals surface area contributed by atoms with Crippen molar-refractivity contribution in [2.45, 2.75) is 11.3 Å². The van der Waals surface area contributed by atoms with Crippen molar-refractivity contribution >= 4 is 17.4 Å². The second-order valence-corrected chi connectivity index (χ2v) is 5.77. The highest BCUT2D eigenvalue weighted by molar-refractivity contribution is 6.14. The van der Waals surface area contributed by atoms with E-state index in [0.29, 0.717) is 0 Å². The summed E-state index contributed by atoms with van der Waals surface area (Å²) in [6, 6.07) is 15.2.